The van der Waals surface area contributed by atoms with Crippen molar-refractivity contribution in [2.45, 2.75) is 110 Å². The van der Waals surface area contributed by atoms with Gasteiger partial charge in [-0.25, -0.2) is 4.79 Å². The summed E-state index contributed by atoms with van der Waals surface area (Å²) < 4.78 is 5.91. The number of piperidine rings is 1. The van der Waals surface area contributed by atoms with Crippen LogP contribution in [-0.2, 0) is 23.9 Å². The van der Waals surface area contributed by atoms with Crippen LogP contribution in [0.15, 0.2) is 42.0 Å². The van der Waals surface area contributed by atoms with E-state index in [0.29, 0.717) is 25.0 Å². The molecule has 2 heterocycles. The van der Waals surface area contributed by atoms with Gasteiger partial charge in [0.05, 0.1) is 12.1 Å². The minimum Gasteiger partial charge on any atom is -0.456 e. The Morgan fingerprint density at radius 2 is 1.64 bits per heavy atom. The first-order chi connectivity index (χ1) is 20.9. The van der Waals surface area contributed by atoms with E-state index < -0.39 is 12.1 Å². The highest BCUT2D eigenvalue weighted by molar-refractivity contribution is 5.96. The summed E-state index contributed by atoms with van der Waals surface area (Å²) in [5, 5.41) is 3.04. The standard InChI is InChI=1S/C35H54N4O5/c1-9-30(26-16-11-10-12-17-26)44-35(43)28-19-15-21-39(28)33(41)25(6)22-29(23(2)3)38(8)34(42)31(24(4)5)36-32(40)27-18-13-14-20-37(27)7/h10-12,16-17,22-24,27-31H,9,13-15,18-21H2,1-8H3,(H,36,40)/b25-22+/t27?,28-,29+,30?,31-/m0/s1. The number of esters is 1. The summed E-state index contributed by atoms with van der Waals surface area (Å²) in [5.41, 5.74) is 1.41. The van der Waals surface area contributed by atoms with Crippen LogP contribution < -0.4 is 5.32 Å². The first-order valence-corrected chi connectivity index (χ1v) is 16.4. The lowest BCUT2D eigenvalue weighted by atomic mass is 9.96. The van der Waals surface area contributed by atoms with Gasteiger partial charge in [-0.15, -0.1) is 0 Å². The molecule has 0 aliphatic carbocycles. The van der Waals surface area contributed by atoms with E-state index in [0.717, 1.165) is 37.8 Å². The Kier molecular flexibility index (Phi) is 13.0. The molecule has 0 aromatic heterocycles. The first kappa shape index (κ1) is 35.3. The van der Waals surface area contributed by atoms with E-state index in [1.54, 1.807) is 23.8 Å². The highest BCUT2D eigenvalue weighted by Crippen LogP contribution is 2.27. The molecular formula is C35H54N4O5. The van der Waals surface area contributed by atoms with Gasteiger partial charge in [0.2, 0.25) is 17.7 Å². The third kappa shape index (κ3) is 8.71. The van der Waals surface area contributed by atoms with Gasteiger partial charge in [0.15, 0.2) is 0 Å². The molecule has 1 aromatic rings. The van der Waals surface area contributed by atoms with E-state index in [1.807, 2.05) is 78.1 Å². The molecule has 2 aliphatic heterocycles. The van der Waals surface area contributed by atoms with Crippen LogP contribution >= 0.6 is 0 Å². The van der Waals surface area contributed by atoms with E-state index in [-0.39, 0.29) is 53.7 Å². The lowest BCUT2D eigenvalue weighted by Crippen LogP contribution is -2.57. The van der Waals surface area contributed by atoms with Crippen LogP contribution in [0.4, 0.5) is 0 Å². The van der Waals surface area contributed by atoms with Gasteiger partial charge in [0, 0.05) is 19.2 Å². The Hall–Kier alpha value is -3.20. The highest BCUT2D eigenvalue weighted by Gasteiger charge is 2.38. The lowest BCUT2D eigenvalue weighted by Gasteiger charge is -2.36. The number of nitrogens with one attached hydrogen (secondary N) is 1. The smallest absolute Gasteiger partial charge is 0.329 e. The van der Waals surface area contributed by atoms with Gasteiger partial charge in [0.1, 0.15) is 18.2 Å². The van der Waals surface area contributed by atoms with Crippen LogP contribution in [-0.4, -0.2) is 89.7 Å². The Morgan fingerprint density at radius 1 is 0.977 bits per heavy atom. The molecule has 0 spiro atoms. The molecule has 0 saturated carbocycles. The van der Waals surface area contributed by atoms with E-state index in [1.165, 1.54) is 0 Å². The van der Waals surface area contributed by atoms with Gasteiger partial charge in [-0.1, -0.05) is 77.4 Å². The number of hydrogen-bond donors (Lipinski definition) is 1. The summed E-state index contributed by atoms with van der Waals surface area (Å²) in [4.78, 5) is 59.4. The normalized spacial score (nSPS) is 21.6. The fourth-order valence-corrected chi connectivity index (χ4v) is 6.37. The maximum atomic E-state index is 13.8. The average Bonchev–Trinajstić information content (AvgIpc) is 3.50. The molecule has 1 aromatic carbocycles. The van der Waals surface area contributed by atoms with Gasteiger partial charge in [-0.2, -0.15) is 0 Å². The first-order valence-electron chi connectivity index (χ1n) is 16.4. The van der Waals surface area contributed by atoms with Crippen LogP contribution in [0.5, 0.6) is 0 Å². The molecule has 5 atom stereocenters. The quantitative estimate of drug-likeness (QED) is 0.272. The number of amides is 3. The molecule has 9 nitrogen and oxygen atoms in total. The Morgan fingerprint density at radius 3 is 2.23 bits per heavy atom. The van der Waals surface area contributed by atoms with Crippen LogP contribution in [0.2, 0.25) is 0 Å². The van der Waals surface area contributed by atoms with E-state index in [4.69, 9.17) is 4.74 Å². The lowest BCUT2D eigenvalue weighted by molar-refractivity contribution is -0.157. The molecule has 2 saturated heterocycles. The van der Waals surface area contributed by atoms with Gasteiger partial charge in [0.25, 0.3) is 0 Å². The molecule has 2 aliphatic rings. The van der Waals surface area contributed by atoms with Crippen molar-refractivity contribution < 1.29 is 23.9 Å². The zero-order valence-electron chi connectivity index (χ0n) is 28.0. The van der Waals surface area contributed by atoms with E-state index >= 15 is 0 Å². The predicted octanol–water partition coefficient (Wildman–Crippen LogP) is 4.73. The molecular weight excluding hydrogens is 556 g/mol. The summed E-state index contributed by atoms with van der Waals surface area (Å²) in [6.45, 7) is 12.9. The molecule has 2 fully saturated rings. The number of carbonyl (C=O) groups is 4. The van der Waals surface area contributed by atoms with E-state index in [9.17, 15) is 19.2 Å². The average molecular weight is 611 g/mol. The highest BCUT2D eigenvalue weighted by atomic mass is 16.5. The summed E-state index contributed by atoms with van der Waals surface area (Å²) >= 11 is 0. The van der Waals surface area contributed by atoms with Crippen molar-refractivity contribution in [1.29, 1.82) is 0 Å². The zero-order valence-corrected chi connectivity index (χ0v) is 28.0. The van der Waals surface area contributed by atoms with Crippen LogP contribution in [0.1, 0.15) is 91.7 Å². The molecule has 3 amide bonds. The van der Waals surface area contributed by atoms with Crippen LogP contribution in [0, 0.1) is 11.8 Å². The summed E-state index contributed by atoms with van der Waals surface area (Å²) in [6.07, 6.45) is 6.24. The molecule has 0 bridgehead atoms. The second-order valence-electron chi connectivity index (χ2n) is 13.2. The molecule has 3 rings (SSSR count). The monoisotopic (exact) mass is 610 g/mol. The molecule has 244 valence electrons. The number of rotatable bonds is 12. The second kappa shape index (κ2) is 16.2. The fraction of sp³-hybridized carbons (Fsp3) is 0.657. The van der Waals surface area contributed by atoms with Crippen molar-refractivity contribution in [2.24, 2.45) is 11.8 Å². The van der Waals surface area contributed by atoms with Crippen molar-refractivity contribution in [1.82, 2.24) is 20.0 Å². The number of hydrogen-bond acceptors (Lipinski definition) is 6. The van der Waals surface area contributed by atoms with Gasteiger partial charge in [-0.3, -0.25) is 19.3 Å². The molecule has 44 heavy (non-hydrogen) atoms. The van der Waals surface area contributed by atoms with Crippen molar-refractivity contribution in [3.8, 4) is 0 Å². The fourth-order valence-electron chi connectivity index (χ4n) is 6.37. The maximum absolute atomic E-state index is 13.8. The van der Waals surface area contributed by atoms with Gasteiger partial charge >= 0.3 is 5.97 Å². The van der Waals surface area contributed by atoms with Crippen molar-refractivity contribution in [2.75, 3.05) is 27.2 Å². The predicted molar refractivity (Wildman–Crippen MR) is 172 cm³/mol. The topological polar surface area (TPSA) is 99.3 Å². The van der Waals surface area contributed by atoms with Crippen LogP contribution in [0.25, 0.3) is 0 Å². The SMILES string of the molecule is CCC(OC(=O)[C@@H]1CCCN1C(=O)/C(C)=C/[C@H](C(C)C)N(C)C(=O)[C@@H](NC(=O)C1CCCCN1C)C(C)C)c1ccccc1. The zero-order chi connectivity index (χ0) is 32.6. The van der Waals surface area contributed by atoms with E-state index in [2.05, 4.69) is 10.2 Å². The number of nitrogens with zero attached hydrogens (tertiary/aromatic N) is 3. The Labute approximate surface area is 264 Å². The minimum absolute atomic E-state index is 0.00946. The third-order valence-corrected chi connectivity index (χ3v) is 9.13. The summed E-state index contributed by atoms with van der Waals surface area (Å²) in [6, 6.07) is 7.73. The minimum atomic E-state index is -0.678. The van der Waals surface area contributed by atoms with Crippen LogP contribution in [0.3, 0.4) is 0 Å². The molecule has 9 heteroatoms. The number of likely N-dealkylation sites (N-methyl/N-ethyl adjacent to an activating group) is 2. The number of ether oxygens (including phenoxy) is 1. The molecule has 0 radical (unpaired) electrons. The Balaban J connectivity index is 1.73. The van der Waals surface area contributed by atoms with Gasteiger partial charge in [-0.05, 0) is 70.0 Å². The molecule has 2 unspecified atom stereocenters. The van der Waals surface area contributed by atoms with Crippen molar-refractivity contribution >= 4 is 23.7 Å². The third-order valence-electron chi connectivity index (χ3n) is 9.13. The second-order valence-corrected chi connectivity index (χ2v) is 13.2. The number of carbonyl (C=O) groups excluding carboxylic acids is 4. The number of benzene rings is 1. The van der Waals surface area contributed by atoms with Crippen molar-refractivity contribution in [3.63, 3.8) is 0 Å². The summed E-state index contributed by atoms with van der Waals surface area (Å²) in [7, 11) is 3.69. The number of likely N-dealkylation sites (tertiary alicyclic amines) is 2. The largest absolute Gasteiger partial charge is 0.456 e. The van der Waals surface area contributed by atoms with Crippen molar-refractivity contribution in [3.05, 3.63) is 47.5 Å². The molecule has 1 N–H and O–H groups in total. The summed E-state index contributed by atoms with van der Waals surface area (Å²) in [5.74, 6) is -1.00. The maximum Gasteiger partial charge on any atom is 0.329 e. The Bertz CT molecular complexity index is 1170. The van der Waals surface area contributed by atoms with Gasteiger partial charge < -0.3 is 19.9 Å².